The zero-order chi connectivity index (χ0) is 20.8. The first-order valence-corrected chi connectivity index (χ1v) is 12.2. The molecule has 0 N–H and O–H groups in total. The fourth-order valence-electron chi connectivity index (χ4n) is 3.24. The summed E-state index contributed by atoms with van der Waals surface area (Å²) < 4.78 is 1.34. The third kappa shape index (κ3) is 5.31. The Kier molecular flexibility index (Phi) is 6.50. The Labute approximate surface area is 185 Å². The van der Waals surface area contributed by atoms with Gasteiger partial charge < -0.3 is 0 Å². The summed E-state index contributed by atoms with van der Waals surface area (Å²) >= 11 is 0.305. The molecule has 4 rings (SSSR count). The molecule has 0 spiro atoms. The molecular formula is C29H24Se. The summed E-state index contributed by atoms with van der Waals surface area (Å²) in [6, 6.07) is 32.6. The first kappa shape index (κ1) is 20.2. The van der Waals surface area contributed by atoms with Crippen molar-refractivity contribution in [1.29, 1.82) is 0 Å². The van der Waals surface area contributed by atoms with Crippen molar-refractivity contribution < 1.29 is 0 Å². The van der Waals surface area contributed by atoms with Gasteiger partial charge in [0.05, 0.1) is 0 Å². The number of aryl methyl sites for hydroxylation is 2. The van der Waals surface area contributed by atoms with Crippen molar-refractivity contribution in [2.24, 2.45) is 0 Å². The summed E-state index contributed by atoms with van der Waals surface area (Å²) in [5.74, 6) is 6.59. The van der Waals surface area contributed by atoms with Gasteiger partial charge in [0, 0.05) is 0 Å². The zero-order valence-electron chi connectivity index (χ0n) is 17.4. The van der Waals surface area contributed by atoms with Crippen LogP contribution in [0.15, 0.2) is 97.1 Å². The van der Waals surface area contributed by atoms with Gasteiger partial charge in [-0.05, 0) is 0 Å². The van der Waals surface area contributed by atoms with Gasteiger partial charge >= 0.3 is 186 Å². The van der Waals surface area contributed by atoms with E-state index in [9.17, 15) is 0 Å². The fraction of sp³-hybridized carbons (Fsp3) is 0.103. The zero-order valence-corrected chi connectivity index (χ0v) is 19.1. The molecule has 0 aromatic heterocycles. The van der Waals surface area contributed by atoms with Crippen LogP contribution in [-0.2, 0) is 5.32 Å². The Morgan fingerprint density at radius 1 is 0.767 bits per heavy atom. The summed E-state index contributed by atoms with van der Waals surface area (Å²) in [6.45, 7) is 4.23. The summed E-state index contributed by atoms with van der Waals surface area (Å²) in [7, 11) is 0. The van der Waals surface area contributed by atoms with Gasteiger partial charge in [-0.1, -0.05) is 0 Å². The minimum absolute atomic E-state index is 0.305. The van der Waals surface area contributed by atoms with E-state index in [1.54, 1.807) is 0 Å². The van der Waals surface area contributed by atoms with Crippen molar-refractivity contribution in [3.8, 4) is 11.8 Å². The average Bonchev–Trinajstić information content (AvgIpc) is 2.78. The Balaban J connectivity index is 1.58. The first-order valence-electron chi connectivity index (χ1n) is 10.1. The van der Waals surface area contributed by atoms with Gasteiger partial charge in [-0.25, -0.2) is 0 Å². The topological polar surface area (TPSA) is 0 Å². The van der Waals surface area contributed by atoms with Crippen molar-refractivity contribution in [3.05, 3.63) is 125 Å². The quantitative estimate of drug-likeness (QED) is 0.238. The van der Waals surface area contributed by atoms with Crippen LogP contribution < -0.4 is 0 Å². The van der Waals surface area contributed by atoms with Gasteiger partial charge in [-0.2, -0.15) is 0 Å². The SMILES string of the molecule is Cc1ccc(C#C/C=C(\[Se]Cc2ccc3ccccc3c2)c2ccc(C)cc2)cc1. The minimum atomic E-state index is 0.305. The van der Waals surface area contributed by atoms with Crippen molar-refractivity contribution >= 4 is 30.2 Å². The van der Waals surface area contributed by atoms with Crippen LogP contribution in [0.3, 0.4) is 0 Å². The third-order valence-electron chi connectivity index (χ3n) is 5.02. The van der Waals surface area contributed by atoms with Crippen molar-refractivity contribution in [1.82, 2.24) is 0 Å². The van der Waals surface area contributed by atoms with E-state index in [0.717, 1.165) is 10.9 Å². The maximum absolute atomic E-state index is 3.30. The number of hydrogen-bond acceptors (Lipinski definition) is 0. The van der Waals surface area contributed by atoms with Crippen molar-refractivity contribution in [3.63, 3.8) is 0 Å². The molecule has 0 atom stereocenters. The molecule has 0 bridgehead atoms. The van der Waals surface area contributed by atoms with Crippen LogP contribution in [0.4, 0.5) is 0 Å². The molecule has 0 amide bonds. The van der Waals surface area contributed by atoms with Crippen molar-refractivity contribution in [2.45, 2.75) is 19.2 Å². The normalized spacial score (nSPS) is 11.2. The van der Waals surface area contributed by atoms with Crippen LogP contribution >= 0.6 is 0 Å². The van der Waals surface area contributed by atoms with E-state index in [0.29, 0.717) is 15.0 Å². The number of allylic oxidation sites excluding steroid dienone is 1. The predicted molar refractivity (Wildman–Crippen MR) is 131 cm³/mol. The molecule has 4 aromatic rings. The molecule has 0 saturated heterocycles. The van der Waals surface area contributed by atoms with E-state index in [4.69, 9.17) is 0 Å². The third-order valence-corrected chi connectivity index (χ3v) is 7.41. The molecule has 1 heteroatoms. The van der Waals surface area contributed by atoms with Gasteiger partial charge in [0.15, 0.2) is 0 Å². The molecule has 0 aliphatic heterocycles. The number of fused-ring (bicyclic) bond motifs is 1. The Morgan fingerprint density at radius 3 is 2.17 bits per heavy atom. The first-order chi connectivity index (χ1) is 14.7. The van der Waals surface area contributed by atoms with Gasteiger partial charge in [-0.3, -0.25) is 0 Å². The van der Waals surface area contributed by atoms with Crippen LogP contribution in [0.2, 0.25) is 0 Å². The second-order valence-electron chi connectivity index (χ2n) is 7.48. The molecule has 0 unspecified atom stereocenters. The van der Waals surface area contributed by atoms with E-state index < -0.39 is 0 Å². The van der Waals surface area contributed by atoms with Gasteiger partial charge in [-0.15, -0.1) is 0 Å². The van der Waals surface area contributed by atoms with Crippen LogP contribution in [-0.4, -0.2) is 15.0 Å². The predicted octanol–water partition coefficient (Wildman–Crippen LogP) is 6.75. The van der Waals surface area contributed by atoms with Gasteiger partial charge in [0.1, 0.15) is 0 Å². The second kappa shape index (κ2) is 9.64. The summed E-state index contributed by atoms with van der Waals surface area (Å²) in [6.07, 6.45) is 2.12. The fourth-order valence-corrected chi connectivity index (χ4v) is 5.22. The van der Waals surface area contributed by atoms with E-state index >= 15 is 0 Å². The van der Waals surface area contributed by atoms with Crippen LogP contribution in [0.25, 0.3) is 15.2 Å². The van der Waals surface area contributed by atoms with E-state index in [-0.39, 0.29) is 0 Å². The Bertz CT molecular complexity index is 1230. The summed E-state index contributed by atoms with van der Waals surface area (Å²) in [5.41, 5.74) is 6.26. The summed E-state index contributed by atoms with van der Waals surface area (Å²) in [5, 5.41) is 3.67. The second-order valence-corrected chi connectivity index (χ2v) is 9.61. The molecule has 0 fully saturated rings. The molecule has 4 aromatic carbocycles. The molecule has 0 aliphatic rings. The molecular weight excluding hydrogens is 427 g/mol. The van der Waals surface area contributed by atoms with Crippen LogP contribution in [0, 0.1) is 25.7 Å². The molecule has 0 radical (unpaired) electrons. The molecule has 0 aliphatic carbocycles. The summed E-state index contributed by atoms with van der Waals surface area (Å²) in [4.78, 5) is 0. The van der Waals surface area contributed by atoms with Gasteiger partial charge in [0.2, 0.25) is 0 Å². The molecule has 0 nitrogen and oxygen atoms in total. The van der Waals surface area contributed by atoms with Crippen molar-refractivity contribution in [2.75, 3.05) is 0 Å². The number of benzene rings is 4. The number of hydrogen-bond donors (Lipinski definition) is 0. The van der Waals surface area contributed by atoms with E-state index in [1.807, 2.05) is 0 Å². The van der Waals surface area contributed by atoms with E-state index in [1.165, 1.54) is 37.5 Å². The average molecular weight is 451 g/mol. The Hall–Kier alpha value is -3.04. The molecule has 0 saturated carbocycles. The maximum atomic E-state index is 3.30. The monoisotopic (exact) mass is 452 g/mol. The van der Waals surface area contributed by atoms with Gasteiger partial charge in [0.25, 0.3) is 0 Å². The number of rotatable bonds is 4. The van der Waals surface area contributed by atoms with E-state index in [2.05, 4.69) is 123 Å². The Morgan fingerprint density at radius 2 is 1.43 bits per heavy atom. The molecule has 30 heavy (non-hydrogen) atoms. The van der Waals surface area contributed by atoms with Crippen LogP contribution in [0.1, 0.15) is 27.8 Å². The standard InChI is InChI=1S/C29H24Se/c1-22-10-14-24(15-11-22)6-5-9-29(27-17-12-23(2)13-18-27)30-21-25-16-19-26-7-3-4-8-28(26)20-25/h3-4,7-20H,21H2,1-2H3/b29-9-. The van der Waals surface area contributed by atoms with Crippen LogP contribution in [0.5, 0.6) is 0 Å². The molecule has 0 heterocycles. The molecule has 146 valence electrons.